The number of sulfonamides is 1. The topological polar surface area (TPSA) is 72.2 Å². The lowest BCUT2D eigenvalue weighted by Crippen LogP contribution is -2.58. The summed E-state index contributed by atoms with van der Waals surface area (Å²) in [5.74, 6) is 0. The molecule has 1 saturated carbocycles. The molecule has 1 fully saturated rings. The van der Waals surface area contributed by atoms with Crippen LogP contribution in [0, 0.1) is 0 Å². The molecule has 5 heteroatoms. The Morgan fingerprint density at radius 1 is 1.16 bits per heavy atom. The lowest BCUT2D eigenvalue weighted by molar-refractivity contribution is 0.230. The van der Waals surface area contributed by atoms with Gasteiger partial charge in [0, 0.05) is 12.1 Å². The van der Waals surface area contributed by atoms with Crippen LogP contribution < -0.4 is 10.5 Å². The minimum absolute atomic E-state index is 0.372. The Labute approximate surface area is 114 Å². The molecule has 2 aliphatic rings. The fourth-order valence-electron chi connectivity index (χ4n) is 3.01. The van der Waals surface area contributed by atoms with Gasteiger partial charge in [-0.15, -0.1) is 0 Å². The first-order valence-electron chi connectivity index (χ1n) is 6.91. The van der Waals surface area contributed by atoms with Crippen LogP contribution in [-0.2, 0) is 22.9 Å². The van der Waals surface area contributed by atoms with Crippen LogP contribution in [0.3, 0.4) is 0 Å². The van der Waals surface area contributed by atoms with Crippen LogP contribution in [0.1, 0.15) is 36.8 Å². The van der Waals surface area contributed by atoms with Gasteiger partial charge in [0.15, 0.2) is 0 Å². The van der Waals surface area contributed by atoms with Crippen molar-refractivity contribution in [1.29, 1.82) is 0 Å². The minimum Gasteiger partial charge on any atom is -0.329 e. The van der Waals surface area contributed by atoms with Crippen LogP contribution in [-0.4, -0.2) is 20.5 Å². The van der Waals surface area contributed by atoms with E-state index in [9.17, 15) is 8.42 Å². The van der Waals surface area contributed by atoms with Gasteiger partial charge in [-0.3, -0.25) is 0 Å². The van der Waals surface area contributed by atoms with Crippen LogP contribution in [0.2, 0.25) is 0 Å². The highest BCUT2D eigenvalue weighted by Crippen LogP contribution is 2.33. The summed E-state index contributed by atoms with van der Waals surface area (Å²) in [5, 5.41) is 0. The van der Waals surface area contributed by atoms with Crippen LogP contribution in [0.15, 0.2) is 23.1 Å². The van der Waals surface area contributed by atoms with E-state index >= 15 is 0 Å². The molecule has 1 aromatic rings. The molecule has 0 heterocycles. The number of aryl methyl sites for hydroxylation is 2. The van der Waals surface area contributed by atoms with Gasteiger partial charge < -0.3 is 5.73 Å². The van der Waals surface area contributed by atoms with Crippen molar-refractivity contribution in [3.8, 4) is 0 Å². The van der Waals surface area contributed by atoms with E-state index in [1.54, 1.807) is 6.07 Å². The minimum atomic E-state index is -3.44. The first-order chi connectivity index (χ1) is 9.05. The maximum Gasteiger partial charge on any atom is 0.241 e. The van der Waals surface area contributed by atoms with Crippen molar-refractivity contribution in [2.24, 2.45) is 5.73 Å². The zero-order chi connectivity index (χ0) is 13.5. The van der Waals surface area contributed by atoms with Crippen molar-refractivity contribution in [3.05, 3.63) is 29.3 Å². The van der Waals surface area contributed by atoms with E-state index in [4.69, 9.17) is 5.73 Å². The number of hydrogen-bond acceptors (Lipinski definition) is 3. The lowest BCUT2D eigenvalue weighted by atomic mass is 9.78. The largest absolute Gasteiger partial charge is 0.329 e. The number of rotatable bonds is 4. The second-order valence-electron chi connectivity index (χ2n) is 5.73. The van der Waals surface area contributed by atoms with Gasteiger partial charge in [0.1, 0.15) is 0 Å². The molecular weight excluding hydrogens is 260 g/mol. The lowest BCUT2D eigenvalue weighted by Gasteiger charge is -2.41. The maximum absolute atomic E-state index is 12.4. The standard InChI is InChI=1S/C14H20N2O2S/c15-10-14(7-2-8-14)16-19(17,18)13-6-5-11-3-1-4-12(11)9-13/h5-6,9,16H,1-4,7-8,10,15H2. The highest BCUT2D eigenvalue weighted by molar-refractivity contribution is 7.89. The Hall–Kier alpha value is -0.910. The van der Waals surface area contributed by atoms with E-state index < -0.39 is 15.6 Å². The number of fused-ring (bicyclic) bond motifs is 1. The monoisotopic (exact) mass is 280 g/mol. The van der Waals surface area contributed by atoms with Gasteiger partial charge in [0.25, 0.3) is 0 Å². The molecule has 0 radical (unpaired) electrons. The van der Waals surface area contributed by atoms with E-state index in [1.165, 1.54) is 11.1 Å². The molecule has 1 aromatic carbocycles. The molecule has 104 valence electrons. The molecule has 0 aromatic heterocycles. The van der Waals surface area contributed by atoms with Crippen molar-refractivity contribution in [3.63, 3.8) is 0 Å². The summed E-state index contributed by atoms with van der Waals surface area (Å²) in [6.07, 6.45) is 5.90. The summed E-state index contributed by atoms with van der Waals surface area (Å²) in [7, 11) is -3.44. The fraction of sp³-hybridized carbons (Fsp3) is 0.571. The Morgan fingerprint density at radius 2 is 1.89 bits per heavy atom. The smallest absolute Gasteiger partial charge is 0.241 e. The molecule has 2 aliphatic carbocycles. The van der Waals surface area contributed by atoms with E-state index in [2.05, 4.69) is 4.72 Å². The van der Waals surface area contributed by atoms with Crippen molar-refractivity contribution in [1.82, 2.24) is 4.72 Å². The van der Waals surface area contributed by atoms with Crippen LogP contribution in [0.5, 0.6) is 0 Å². The molecule has 0 unspecified atom stereocenters. The molecule has 3 rings (SSSR count). The second kappa shape index (κ2) is 4.58. The number of hydrogen-bond donors (Lipinski definition) is 2. The maximum atomic E-state index is 12.4. The Balaban J connectivity index is 1.88. The van der Waals surface area contributed by atoms with Gasteiger partial charge in [0.2, 0.25) is 10.0 Å². The Morgan fingerprint density at radius 3 is 2.53 bits per heavy atom. The first-order valence-corrected chi connectivity index (χ1v) is 8.39. The van der Waals surface area contributed by atoms with Gasteiger partial charge in [-0.2, -0.15) is 0 Å². The Kier molecular flexibility index (Phi) is 3.15. The third kappa shape index (κ3) is 2.30. The normalized spacial score (nSPS) is 20.9. The average molecular weight is 280 g/mol. The number of nitrogens with two attached hydrogens (primary N) is 1. The third-order valence-corrected chi connectivity index (χ3v) is 6.01. The van der Waals surface area contributed by atoms with E-state index in [-0.39, 0.29) is 0 Å². The summed E-state index contributed by atoms with van der Waals surface area (Å²) >= 11 is 0. The van der Waals surface area contributed by atoms with Gasteiger partial charge in [0.05, 0.1) is 4.90 Å². The van der Waals surface area contributed by atoms with Crippen LogP contribution in [0.4, 0.5) is 0 Å². The molecule has 0 spiro atoms. The zero-order valence-corrected chi connectivity index (χ0v) is 11.8. The van der Waals surface area contributed by atoms with Gasteiger partial charge in [-0.05, 0) is 61.8 Å². The predicted octanol–water partition coefficient (Wildman–Crippen LogP) is 1.33. The second-order valence-corrected chi connectivity index (χ2v) is 7.41. The van der Waals surface area contributed by atoms with E-state index in [1.807, 2.05) is 12.1 Å². The van der Waals surface area contributed by atoms with Crippen LogP contribution in [0.25, 0.3) is 0 Å². The summed E-state index contributed by atoms with van der Waals surface area (Å²) in [6.45, 7) is 0.372. The van der Waals surface area contributed by atoms with E-state index in [0.29, 0.717) is 11.4 Å². The summed E-state index contributed by atoms with van der Waals surface area (Å²) in [4.78, 5) is 0.382. The number of benzene rings is 1. The van der Waals surface area contributed by atoms with Crippen molar-refractivity contribution in [2.75, 3.05) is 6.54 Å². The fourth-order valence-corrected chi connectivity index (χ4v) is 4.53. The summed E-state index contributed by atoms with van der Waals surface area (Å²) in [5.41, 5.74) is 7.78. The average Bonchev–Trinajstić information content (AvgIpc) is 2.81. The van der Waals surface area contributed by atoms with Crippen molar-refractivity contribution in [2.45, 2.75) is 49.0 Å². The SMILES string of the molecule is NCC1(NS(=O)(=O)c2ccc3c(c2)CCC3)CCC1. The van der Waals surface area contributed by atoms with E-state index in [0.717, 1.165) is 38.5 Å². The summed E-state index contributed by atoms with van der Waals surface area (Å²) in [6, 6.07) is 5.50. The third-order valence-electron chi connectivity index (χ3n) is 4.43. The quantitative estimate of drug-likeness (QED) is 0.874. The molecule has 0 aliphatic heterocycles. The first kappa shape index (κ1) is 13.1. The molecule has 0 bridgehead atoms. The van der Waals surface area contributed by atoms with Crippen molar-refractivity contribution >= 4 is 10.0 Å². The summed E-state index contributed by atoms with van der Waals surface area (Å²) < 4.78 is 27.7. The molecule has 0 atom stereocenters. The Bertz CT molecular complexity index is 586. The number of nitrogens with one attached hydrogen (secondary N) is 1. The highest BCUT2D eigenvalue weighted by atomic mass is 32.2. The molecule has 4 nitrogen and oxygen atoms in total. The highest BCUT2D eigenvalue weighted by Gasteiger charge is 2.39. The zero-order valence-electron chi connectivity index (χ0n) is 11.0. The van der Waals surface area contributed by atoms with Gasteiger partial charge in [-0.25, -0.2) is 13.1 Å². The van der Waals surface area contributed by atoms with Crippen molar-refractivity contribution < 1.29 is 8.42 Å². The van der Waals surface area contributed by atoms with Gasteiger partial charge >= 0.3 is 0 Å². The molecule has 0 saturated heterocycles. The molecular formula is C14H20N2O2S. The van der Waals surface area contributed by atoms with Crippen LogP contribution >= 0.6 is 0 Å². The molecule has 19 heavy (non-hydrogen) atoms. The molecule has 0 amide bonds. The molecule has 3 N–H and O–H groups in total. The van der Waals surface area contributed by atoms with Gasteiger partial charge in [-0.1, -0.05) is 6.07 Å². The predicted molar refractivity (Wildman–Crippen MR) is 74.4 cm³/mol.